The number of hydrogen-bond donors (Lipinski definition) is 2. The molecule has 2 N–H and O–H groups in total. The van der Waals surface area contributed by atoms with E-state index < -0.39 is 0 Å². The Labute approximate surface area is 105 Å². The first-order valence-corrected chi connectivity index (χ1v) is 6.33. The second-order valence-corrected chi connectivity index (χ2v) is 4.83. The van der Waals surface area contributed by atoms with Gasteiger partial charge in [-0.25, -0.2) is 9.97 Å². The normalized spacial score (nSPS) is 24.3. The minimum absolute atomic E-state index is 0.0806. The van der Waals surface area contributed by atoms with Crippen molar-refractivity contribution in [2.24, 2.45) is 7.05 Å². The summed E-state index contributed by atoms with van der Waals surface area (Å²) in [4.78, 5) is 8.46. The lowest BCUT2D eigenvalue weighted by atomic mass is 9.92. The summed E-state index contributed by atoms with van der Waals surface area (Å²) in [6.07, 6.45) is 7.09. The SMILES string of the molecule is Cn1ncc2c(NC3CCCCC3O)ncnc21. The fourth-order valence-electron chi connectivity index (χ4n) is 2.53. The molecule has 0 aliphatic heterocycles. The minimum Gasteiger partial charge on any atom is -0.391 e. The van der Waals surface area contributed by atoms with E-state index in [0.29, 0.717) is 0 Å². The van der Waals surface area contributed by atoms with Crippen molar-refractivity contribution in [3.05, 3.63) is 12.5 Å². The van der Waals surface area contributed by atoms with E-state index in [0.717, 1.165) is 42.5 Å². The van der Waals surface area contributed by atoms with Gasteiger partial charge in [-0.15, -0.1) is 0 Å². The fourth-order valence-corrected chi connectivity index (χ4v) is 2.53. The van der Waals surface area contributed by atoms with Crippen molar-refractivity contribution in [2.45, 2.75) is 37.8 Å². The van der Waals surface area contributed by atoms with E-state index in [-0.39, 0.29) is 12.1 Å². The number of anilines is 1. The summed E-state index contributed by atoms with van der Waals surface area (Å²) in [5, 5.41) is 18.4. The molecule has 0 amide bonds. The first-order valence-electron chi connectivity index (χ1n) is 6.33. The smallest absolute Gasteiger partial charge is 0.163 e. The van der Waals surface area contributed by atoms with Gasteiger partial charge in [-0.05, 0) is 12.8 Å². The molecular formula is C12H17N5O. The second kappa shape index (κ2) is 4.53. The van der Waals surface area contributed by atoms with Crippen LogP contribution in [0.1, 0.15) is 25.7 Å². The third-order valence-corrected chi connectivity index (χ3v) is 3.58. The van der Waals surface area contributed by atoms with Gasteiger partial charge in [-0.1, -0.05) is 12.8 Å². The van der Waals surface area contributed by atoms with Gasteiger partial charge < -0.3 is 10.4 Å². The molecule has 3 rings (SSSR count). The van der Waals surface area contributed by atoms with Crippen LogP contribution in [0.2, 0.25) is 0 Å². The predicted molar refractivity (Wildman–Crippen MR) is 68.2 cm³/mol. The van der Waals surface area contributed by atoms with Gasteiger partial charge in [0.2, 0.25) is 0 Å². The van der Waals surface area contributed by atoms with Crippen molar-refractivity contribution in [3.8, 4) is 0 Å². The zero-order valence-corrected chi connectivity index (χ0v) is 10.4. The summed E-state index contributed by atoms with van der Waals surface area (Å²) >= 11 is 0. The van der Waals surface area contributed by atoms with Crippen LogP contribution in [0, 0.1) is 0 Å². The van der Waals surface area contributed by atoms with Crippen LogP contribution >= 0.6 is 0 Å². The molecule has 0 aromatic carbocycles. The maximum Gasteiger partial charge on any atom is 0.163 e. The molecule has 96 valence electrons. The number of aliphatic hydroxyl groups is 1. The Morgan fingerprint density at radius 2 is 2.17 bits per heavy atom. The van der Waals surface area contributed by atoms with Gasteiger partial charge in [0, 0.05) is 7.05 Å². The van der Waals surface area contributed by atoms with Gasteiger partial charge in [0.25, 0.3) is 0 Å². The van der Waals surface area contributed by atoms with Gasteiger partial charge in [-0.3, -0.25) is 4.68 Å². The Balaban J connectivity index is 1.90. The van der Waals surface area contributed by atoms with Crippen molar-refractivity contribution in [2.75, 3.05) is 5.32 Å². The number of aryl methyl sites for hydroxylation is 1. The second-order valence-electron chi connectivity index (χ2n) is 4.83. The molecule has 2 heterocycles. The lowest BCUT2D eigenvalue weighted by Crippen LogP contribution is -2.36. The Bertz CT molecular complexity index is 552. The topological polar surface area (TPSA) is 75.9 Å². The number of nitrogens with one attached hydrogen (secondary N) is 1. The van der Waals surface area contributed by atoms with Crippen LogP contribution in [-0.2, 0) is 7.05 Å². The highest BCUT2D eigenvalue weighted by molar-refractivity contribution is 5.86. The highest BCUT2D eigenvalue weighted by atomic mass is 16.3. The predicted octanol–water partition coefficient (Wildman–Crippen LogP) is 1.08. The molecule has 2 unspecified atom stereocenters. The summed E-state index contributed by atoms with van der Waals surface area (Å²) in [7, 11) is 1.86. The Kier molecular flexibility index (Phi) is 2.87. The molecule has 6 nitrogen and oxygen atoms in total. The fraction of sp³-hybridized carbons (Fsp3) is 0.583. The van der Waals surface area contributed by atoms with Crippen LogP contribution < -0.4 is 5.32 Å². The maximum atomic E-state index is 9.98. The van der Waals surface area contributed by atoms with Crippen LogP contribution in [0.25, 0.3) is 11.0 Å². The molecule has 1 aliphatic rings. The molecule has 0 bridgehead atoms. The average molecular weight is 247 g/mol. The molecule has 1 fully saturated rings. The zero-order valence-electron chi connectivity index (χ0n) is 10.4. The van der Waals surface area contributed by atoms with Gasteiger partial charge >= 0.3 is 0 Å². The molecule has 2 aromatic rings. The maximum absolute atomic E-state index is 9.98. The molecular weight excluding hydrogens is 230 g/mol. The van der Waals surface area contributed by atoms with E-state index >= 15 is 0 Å². The lowest BCUT2D eigenvalue weighted by Gasteiger charge is -2.28. The molecule has 1 aliphatic carbocycles. The number of rotatable bonds is 2. The first-order chi connectivity index (χ1) is 8.75. The van der Waals surface area contributed by atoms with Crippen LogP contribution in [0.5, 0.6) is 0 Å². The van der Waals surface area contributed by atoms with E-state index in [4.69, 9.17) is 0 Å². The lowest BCUT2D eigenvalue weighted by molar-refractivity contribution is 0.116. The van der Waals surface area contributed by atoms with Crippen molar-refractivity contribution in [1.82, 2.24) is 19.7 Å². The van der Waals surface area contributed by atoms with Crippen LogP contribution in [-0.4, -0.2) is 37.0 Å². The molecule has 0 spiro atoms. The molecule has 6 heteroatoms. The molecule has 2 aromatic heterocycles. The minimum atomic E-state index is -0.291. The quantitative estimate of drug-likeness (QED) is 0.830. The molecule has 1 saturated carbocycles. The van der Waals surface area contributed by atoms with E-state index in [9.17, 15) is 5.11 Å². The van der Waals surface area contributed by atoms with E-state index in [2.05, 4.69) is 20.4 Å². The molecule has 2 atom stereocenters. The Morgan fingerprint density at radius 3 is 3.00 bits per heavy atom. The molecule has 18 heavy (non-hydrogen) atoms. The first kappa shape index (κ1) is 11.4. The largest absolute Gasteiger partial charge is 0.391 e. The van der Waals surface area contributed by atoms with Crippen molar-refractivity contribution < 1.29 is 5.11 Å². The highest BCUT2D eigenvalue weighted by Crippen LogP contribution is 2.24. The number of nitrogens with zero attached hydrogens (tertiary/aromatic N) is 4. The molecule has 0 radical (unpaired) electrons. The number of fused-ring (bicyclic) bond motifs is 1. The standard InChI is InChI=1S/C12H17N5O/c1-17-12-8(6-15-17)11(13-7-14-12)16-9-4-2-3-5-10(9)18/h6-7,9-10,18H,2-5H2,1H3,(H,13,14,16). The summed E-state index contributed by atoms with van der Waals surface area (Å²) < 4.78 is 1.72. The summed E-state index contributed by atoms with van der Waals surface area (Å²) in [5.41, 5.74) is 0.804. The third-order valence-electron chi connectivity index (χ3n) is 3.58. The average Bonchev–Trinajstić information content (AvgIpc) is 2.76. The zero-order chi connectivity index (χ0) is 12.5. The Hall–Kier alpha value is -1.69. The van der Waals surface area contributed by atoms with Gasteiger partial charge in [0.15, 0.2) is 5.65 Å². The highest BCUT2D eigenvalue weighted by Gasteiger charge is 2.24. The van der Waals surface area contributed by atoms with Gasteiger partial charge in [0.1, 0.15) is 12.1 Å². The monoisotopic (exact) mass is 247 g/mol. The molecule has 0 saturated heterocycles. The Morgan fingerprint density at radius 1 is 1.33 bits per heavy atom. The van der Waals surface area contributed by atoms with E-state index in [1.165, 1.54) is 6.33 Å². The van der Waals surface area contributed by atoms with Crippen molar-refractivity contribution in [1.29, 1.82) is 0 Å². The number of aromatic nitrogens is 4. The van der Waals surface area contributed by atoms with Crippen LogP contribution in [0.3, 0.4) is 0 Å². The summed E-state index contributed by atoms with van der Waals surface area (Å²) in [6, 6.07) is 0.0806. The van der Waals surface area contributed by atoms with E-state index in [1.807, 2.05) is 7.05 Å². The van der Waals surface area contributed by atoms with E-state index in [1.54, 1.807) is 10.9 Å². The summed E-state index contributed by atoms with van der Waals surface area (Å²) in [5.74, 6) is 0.763. The number of hydrogen-bond acceptors (Lipinski definition) is 5. The summed E-state index contributed by atoms with van der Waals surface area (Å²) in [6.45, 7) is 0. The van der Waals surface area contributed by atoms with Crippen molar-refractivity contribution >= 4 is 16.9 Å². The van der Waals surface area contributed by atoms with Crippen LogP contribution in [0.4, 0.5) is 5.82 Å². The van der Waals surface area contributed by atoms with Crippen LogP contribution in [0.15, 0.2) is 12.5 Å². The van der Waals surface area contributed by atoms with Gasteiger partial charge in [-0.2, -0.15) is 5.10 Å². The number of aliphatic hydroxyl groups excluding tert-OH is 1. The van der Waals surface area contributed by atoms with Crippen molar-refractivity contribution in [3.63, 3.8) is 0 Å². The third kappa shape index (κ3) is 1.92. The van der Waals surface area contributed by atoms with Gasteiger partial charge in [0.05, 0.1) is 23.7 Å².